The van der Waals surface area contributed by atoms with Crippen molar-refractivity contribution in [1.29, 1.82) is 0 Å². The summed E-state index contributed by atoms with van der Waals surface area (Å²) in [5.41, 5.74) is 0. The second-order valence-electron chi connectivity index (χ2n) is 2.30. The largest absolute Gasteiger partial charge is 0.444 e. The van der Waals surface area contributed by atoms with E-state index in [0.29, 0.717) is 12.7 Å². The molecule has 10 heavy (non-hydrogen) atoms. The third kappa shape index (κ3) is 3.37. The zero-order valence-electron chi connectivity index (χ0n) is 6.22. The van der Waals surface area contributed by atoms with Crippen LogP contribution in [0.4, 0.5) is 0 Å². The van der Waals surface area contributed by atoms with Gasteiger partial charge >= 0.3 is 0 Å². The van der Waals surface area contributed by atoms with E-state index in [2.05, 4.69) is 19.0 Å². The number of epoxide rings is 1. The molecule has 0 aliphatic carbocycles. The van der Waals surface area contributed by atoms with Crippen molar-refractivity contribution in [1.82, 2.24) is 0 Å². The molecule has 1 atom stereocenters. The molecule has 0 aromatic rings. The van der Waals surface area contributed by atoms with Gasteiger partial charge < -0.3 is 9.47 Å². The summed E-state index contributed by atoms with van der Waals surface area (Å²) >= 11 is 0. The highest BCUT2D eigenvalue weighted by molar-refractivity contribution is 4.91. The fourth-order valence-corrected chi connectivity index (χ4v) is 0.526. The van der Waals surface area contributed by atoms with Gasteiger partial charge in [-0.2, -0.15) is 0 Å². The first-order valence-electron chi connectivity index (χ1n) is 3.64. The van der Waals surface area contributed by atoms with Crippen molar-refractivity contribution in [2.24, 2.45) is 0 Å². The Bertz CT molecular complexity index is 139. The van der Waals surface area contributed by atoms with Gasteiger partial charge in [-0.25, -0.2) is 0 Å². The van der Waals surface area contributed by atoms with Crippen LogP contribution in [-0.4, -0.2) is 19.3 Å². The van der Waals surface area contributed by atoms with E-state index in [4.69, 9.17) is 9.47 Å². The van der Waals surface area contributed by atoms with Crippen molar-refractivity contribution in [2.45, 2.75) is 25.9 Å². The Morgan fingerprint density at radius 3 is 3.10 bits per heavy atom. The molecule has 1 rings (SSSR count). The molecule has 0 spiro atoms. The van der Waals surface area contributed by atoms with E-state index in [0.717, 1.165) is 19.4 Å². The number of ether oxygens (including phenoxy) is 2. The van der Waals surface area contributed by atoms with Gasteiger partial charge in [0.25, 0.3) is 0 Å². The molecule has 0 aromatic heterocycles. The summed E-state index contributed by atoms with van der Waals surface area (Å²) in [6.45, 7) is 3.57. The molecule has 1 saturated heterocycles. The smallest absolute Gasteiger partial charge is 0.128 e. The summed E-state index contributed by atoms with van der Waals surface area (Å²) in [5, 5.41) is 0. The second kappa shape index (κ2) is 4.19. The Balaban J connectivity index is 1.88. The Labute approximate surface area is 61.5 Å². The van der Waals surface area contributed by atoms with Crippen molar-refractivity contribution in [2.75, 3.05) is 13.2 Å². The molecular formula is C8H12O2. The zero-order valence-corrected chi connectivity index (χ0v) is 6.22. The van der Waals surface area contributed by atoms with Crippen LogP contribution in [0.3, 0.4) is 0 Å². The molecule has 0 aromatic carbocycles. The van der Waals surface area contributed by atoms with E-state index in [9.17, 15) is 0 Å². The fourth-order valence-electron chi connectivity index (χ4n) is 0.526. The molecule has 2 heteroatoms. The van der Waals surface area contributed by atoms with E-state index in [1.54, 1.807) is 0 Å². The van der Waals surface area contributed by atoms with Crippen LogP contribution < -0.4 is 0 Å². The molecule has 0 saturated carbocycles. The standard InChI is InChI=1S/C8H12O2/c1-2-3-4-5-9-6-8-7-10-8/h8H,2-3,6-7H2,1H3. The van der Waals surface area contributed by atoms with E-state index >= 15 is 0 Å². The van der Waals surface area contributed by atoms with Gasteiger partial charge in [0, 0.05) is 6.42 Å². The van der Waals surface area contributed by atoms with Crippen LogP contribution in [0.25, 0.3) is 0 Å². The minimum atomic E-state index is 0.330. The third-order valence-corrected chi connectivity index (χ3v) is 1.19. The van der Waals surface area contributed by atoms with Crippen LogP contribution in [0.2, 0.25) is 0 Å². The fraction of sp³-hybridized carbons (Fsp3) is 0.750. The lowest BCUT2D eigenvalue weighted by Gasteiger charge is -1.88. The topological polar surface area (TPSA) is 21.8 Å². The van der Waals surface area contributed by atoms with Gasteiger partial charge in [0.15, 0.2) is 0 Å². The molecule has 1 aliphatic rings. The molecule has 0 N–H and O–H groups in total. The Kier molecular flexibility index (Phi) is 3.11. The van der Waals surface area contributed by atoms with Gasteiger partial charge in [0.2, 0.25) is 0 Å². The van der Waals surface area contributed by atoms with E-state index < -0.39 is 0 Å². The third-order valence-electron chi connectivity index (χ3n) is 1.19. The molecule has 1 unspecified atom stereocenters. The lowest BCUT2D eigenvalue weighted by molar-refractivity contribution is 0.233. The first-order valence-corrected chi connectivity index (χ1v) is 3.64. The minimum Gasteiger partial charge on any atom is -0.444 e. The number of hydrogen-bond acceptors (Lipinski definition) is 2. The van der Waals surface area contributed by atoms with Gasteiger partial charge in [0.05, 0.1) is 6.61 Å². The molecular weight excluding hydrogens is 128 g/mol. The highest BCUT2D eigenvalue weighted by Gasteiger charge is 2.22. The minimum absolute atomic E-state index is 0.330. The van der Waals surface area contributed by atoms with Gasteiger partial charge in [-0.1, -0.05) is 12.8 Å². The van der Waals surface area contributed by atoms with Crippen molar-refractivity contribution in [3.05, 3.63) is 0 Å². The SMILES string of the molecule is CCCC#COCC1CO1. The zero-order chi connectivity index (χ0) is 7.23. The molecule has 0 bridgehead atoms. The van der Waals surface area contributed by atoms with Gasteiger partial charge in [-0.05, 0) is 6.42 Å². The van der Waals surface area contributed by atoms with Gasteiger partial charge in [-0.15, -0.1) is 0 Å². The normalized spacial score (nSPS) is 21.1. The summed E-state index contributed by atoms with van der Waals surface area (Å²) in [5.74, 6) is 2.89. The first-order chi connectivity index (χ1) is 4.93. The van der Waals surface area contributed by atoms with Crippen molar-refractivity contribution >= 4 is 0 Å². The number of unbranched alkanes of at least 4 members (excludes halogenated alkanes) is 1. The first kappa shape index (κ1) is 7.43. The summed E-state index contributed by atoms with van der Waals surface area (Å²) in [6, 6.07) is 0. The maximum Gasteiger partial charge on any atom is 0.128 e. The second-order valence-corrected chi connectivity index (χ2v) is 2.30. The molecule has 1 heterocycles. The predicted molar refractivity (Wildman–Crippen MR) is 38.4 cm³/mol. The van der Waals surface area contributed by atoms with Crippen molar-refractivity contribution < 1.29 is 9.47 Å². The lowest BCUT2D eigenvalue weighted by atomic mass is 10.4. The quantitative estimate of drug-likeness (QED) is 0.433. The van der Waals surface area contributed by atoms with Crippen LogP contribution in [0.1, 0.15) is 19.8 Å². The molecule has 2 nitrogen and oxygen atoms in total. The molecule has 1 fully saturated rings. The van der Waals surface area contributed by atoms with E-state index in [-0.39, 0.29) is 0 Å². The van der Waals surface area contributed by atoms with Gasteiger partial charge in [-0.3, -0.25) is 0 Å². The van der Waals surface area contributed by atoms with Crippen molar-refractivity contribution in [3.8, 4) is 12.0 Å². The Morgan fingerprint density at radius 2 is 2.50 bits per heavy atom. The lowest BCUT2D eigenvalue weighted by Crippen LogP contribution is -1.95. The highest BCUT2D eigenvalue weighted by atomic mass is 16.6. The van der Waals surface area contributed by atoms with Crippen LogP contribution in [0.15, 0.2) is 0 Å². The predicted octanol–water partition coefficient (Wildman–Crippen LogP) is 1.16. The molecule has 0 radical (unpaired) electrons. The molecule has 56 valence electrons. The van der Waals surface area contributed by atoms with Crippen molar-refractivity contribution in [3.63, 3.8) is 0 Å². The average molecular weight is 140 g/mol. The highest BCUT2D eigenvalue weighted by Crippen LogP contribution is 2.07. The van der Waals surface area contributed by atoms with Crippen LogP contribution in [-0.2, 0) is 9.47 Å². The maximum absolute atomic E-state index is 4.97. The number of rotatable bonds is 3. The Hall–Kier alpha value is -0.680. The monoisotopic (exact) mass is 140 g/mol. The summed E-state index contributed by atoms with van der Waals surface area (Å²) in [6.07, 6.45) is 4.97. The van der Waals surface area contributed by atoms with Gasteiger partial charge in [0.1, 0.15) is 18.8 Å². The molecule has 0 amide bonds. The summed E-state index contributed by atoms with van der Waals surface area (Å²) in [4.78, 5) is 0. The average Bonchev–Trinajstić information content (AvgIpc) is 2.71. The number of hydrogen-bond donors (Lipinski definition) is 0. The van der Waals surface area contributed by atoms with E-state index in [1.807, 2.05) is 0 Å². The summed E-state index contributed by atoms with van der Waals surface area (Å²) in [7, 11) is 0. The molecule has 1 aliphatic heterocycles. The van der Waals surface area contributed by atoms with Crippen LogP contribution >= 0.6 is 0 Å². The van der Waals surface area contributed by atoms with E-state index in [1.165, 1.54) is 0 Å². The van der Waals surface area contributed by atoms with Crippen LogP contribution in [0.5, 0.6) is 0 Å². The summed E-state index contributed by atoms with van der Waals surface area (Å²) < 4.78 is 9.90. The Morgan fingerprint density at radius 1 is 1.70 bits per heavy atom. The maximum atomic E-state index is 4.97. The van der Waals surface area contributed by atoms with Crippen LogP contribution in [0, 0.1) is 12.0 Å².